The summed E-state index contributed by atoms with van der Waals surface area (Å²) in [7, 11) is 0. The van der Waals surface area contributed by atoms with Crippen molar-refractivity contribution in [2.45, 2.75) is 26.8 Å². The highest BCUT2D eigenvalue weighted by Crippen LogP contribution is 2.44. The van der Waals surface area contributed by atoms with Gasteiger partial charge in [0.25, 0.3) is 5.78 Å². The number of hydrogen-bond acceptors (Lipinski definition) is 8. The van der Waals surface area contributed by atoms with Gasteiger partial charge >= 0.3 is 11.9 Å². The predicted octanol–water partition coefficient (Wildman–Crippen LogP) is 4.65. The smallest absolute Gasteiger partial charge is 0.350 e. The predicted molar refractivity (Wildman–Crippen MR) is 132 cm³/mol. The van der Waals surface area contributed by atoms with Gasteiger partial charge in [-0.15, -0.1) is 0 Å². The third-order valence-electron chi connectivity index (χ3n) is 5.43. The van der Waals surface area contributed by atoms with E-state index in [0.717, 1.165) is 11.3 Å². The van der Waals surface area contributed by atoms with E-state index >= 15 is 0 Å². The molecule has 2 heterocycles. The molecule has 180 valence electrons. The molecule has 1 aliphatic rings. The van der Waals surface area contributed by atoms with Crippen LogP contribution in [0.1, 0.15) is 46.4 Å². The van der Waals surface area contributed by atoms with Crippen LogP contribution in [0.2, 0.25) is 0 Å². The number of benzene rings is 2. The quantitative estimate of drug-likeness (QED) is 0.221. The molecule has 2 aromatic carbocycles. The Balaban J connectivity index is 1.91. The maximum absolute atomic E-state index is 13.3. The van der Waals surface area contributed by atoms with Crippen LogP contribution < -0.4 is 9.64 Å². The molecule has 0 bridgehead atoms. The minimum absolute atomic E-state index is 0.0691. The molecule has 0 radical (unpaired) electrons. The van der Waals surface area contributed by atoms with E-state index in [1.807, 2.05) is 6.92 Å². The zero-order chi connectivity index (χ0) is 25.1. The van der Waals surface area contributed by atoms with Gasteiger partial charge in [-0.2, -0.15) is 0 Å². The van der Waals surface area contributed by atoms with Crippen molar-refractivity contribution in [3.63, 3.8) is 0 Å². The van der Waals surface area contributed by atoms with Crippen molar-refractivity contribution in [3.8, 4) is 5.75 Å². The number of ether oxygens (including phenoxy) is 2. The lowest BCUT2D eigenvalue weighted by atomic mass is 9.95. The van der Waals surface area contributed by atoms with Crippen LogP contribution in [0.3, 0.4) is 0 Å². The number of esters is 1. The van der Waals surface area contributed by atoms with Gasteiger partial charge in [0.05, 0.1) is 30.5 Å². The average molecular weight is 493 g/mol. The van der Waals surface area contributed by atoms with Crippen molar-refractivity contribution in [3.05, 3.63) is 81.9 Å². The van der Waals surface area contributed by atoms with Gasteiger partial charge in [-0.25, -0.2) is 9.78 Å². The van der Waals surface area contributed by atoms with E-state index in [0.29, 0.717) is 29.2 Å². The zero-order valence-electron chi connectivity index (χ0n) is 19.5. The van der Waals surface area contributed by atoms with Crippen molar-refractivity contribution < 1.29 is 29.0 Å². The maximum Gasteiger partial charge on any atom is 0.350 e. The number of aliphatic hydroxyl groups is 1. The molecule has 1 saturated heterocycles. The Labute approximate surface area is 206 Å². The Hall–Kier alpha value is -3.98. The number of aliphatic hydroxyl groups excluding tert-OH is 1. The molecule has 1 unspecified atom stereocenters. The van der Waals surface area contributed by atoms with Crippen LogP contribution >= 0.6 is 11.3 Å². The highest BCUT2D eigenvalue weighted by Gasteiger charge is 2.48. The lowest BCUT2D eigenvalue weighted by Gasteiger charge is -2.23. The topological polar surface area (TPSA) is 106 Å². The largest absolute Gasteiger partial charge is 0.507 e. The number of ketones is 1. The number of anilines is 1. The maximum atomic E-state index is 13.3. The summed E-state index contributed by atoms with van der Waals surface area (Å²) in [6, 6.07) is 14.6. The lowest BCUT2D eigenvalue weighted by Crippen LogP contribution is -2.29. The van der Waals surface area contributed by atoms with E-state index in [2.05, 4.69) is 4.98 Å². The minimum atomic E-state index is -0.976. The van der Waals surface area contributed by atoms with Gasteiger partial charge in [-0.1, -0.05) is 53.8 Å². The number of amides is 1. The molecule has 1 N–H and O–H groups in total. The van der Waals surface area contributed by atoms with Crippen molar-refractivity contribution >= 4 is 39.9 Å². The first kappa shape index (κ1) is 24.2. The second kappa shape index (κ2) is 10.1. The summed E-state index contributed by atoms with van der Waals surface area (Å²) in [5.41, 5.74) is 1.27. The summed E-state index contributed by atoms with van der Waals surface area (Å²) in [4.78, 5) is 44.8. The molecule has 8 nitrogen and oxygen atoms in total. The molecule has 1 fully saturated rings. The average Bonchev–Trinajstić information content (AvgIpc) is 3.36. The molecule has 3 aromatic rings. The number of rotatable bonds is 7. The molecule has 1 amide bonds. The van der Waals surface area contributed by atoms with Crippen LogP contribution in [0.5, 0.6) is 5.75 Å². The van der Waals surface area contributed by atoms with Crippen molar-refractivity contribution in [1.29, 1.82) is 0 Å². The standard InChI is InChI=1S/C26H24N2O6S/c1-4-33-18-13-9-12-17(14-18)20-19(21(29)16-10-7-6-8-11-16)22(30)24(31)28(20)26-27-15(3)23(35-26)25(32)34-5-2/h6-14,20,29H,4-5H2,1-3H3. The van der Waals surface area contributed by atoms with Crippen molar-refractivity contribution in [2.24, 2.45) is 0 Å². The van der Waals surface area contributed by atoms with Crippen LogP contribution in [0, 0.1) is 6.92 Å². The number of carbonyl (C=O) groups excluding carboxylic acids is 3. The molecular weight excluding hydrogens is 468 g/mol. The van der Waals surface area contributed by atoms with E-state index in [1.165, 1.54) is 4.90 Å². The van der Waals surface area contributed by atoms with Crippen LogP contribution in [0.15, 0.2) is 60.2 Å². The second-order valence-corrected chi connectivity index (χ2v) is 8.65. The molecule has 4 rings (SSSR count). The fraction of sp³-hybridized carbons (Fsp3) is 0.231. The molecule has 9 heteroatoms. The number of hydrogen-bond donors (Lipinski definition) is 1. The van der Waals surface area contributed by atoms with Crippen LogP contribution in [0.4, 0.5) is 5.13 Å². The number of carbonyl (C=O) groups is 3. The van der Waals surface area contributed by atoms with Crippen LogP contribution in [-0.4, -0.2) is 41.0 Å². The Bertz CT molecular complexity index is 1310. The van der Waals surface area contributed by atoms with E-state index in [4.69, 9.17) is 9.47 Å². The fourth-order valence-corrected chi connectivity index (χ4v) is 4.90. The van der Waals surface area contributed by atoms with Crippen LogP contribution in [0.25, 0.3) is 5.76 Å². The molecule has 0 spiro atoms. The van der Waals surface area contributed by atoms with Gasteiger partial charge in [0, 0.05) is 5.56 Å². The minimum Gasteiger partial charge on any atom is -0.507 e. The summed E-state index contributed by atoms with van der Waals surface area (Å²) in [6.45, 7) is 5.81. The van der Waals surface area contributed by atoms with Crippen molar-refractivity contribution in [1.82, 2.24) is 4.98 Å². The van der Waals surface area contributed by atoms with Gasteiger partial charge in [0.2, 0.25) is 0 Å². The Kier molecular flexibility index (Phi) is 6.97. The molecule has 1 atom stereocenters. The van der Waals surface area contributed by atoms with Gasteiger partial charge < -0.3 is 14.6 Å². The third kappa shape index (κ3) is 4.54. The van der Waals surface area contributed by atoms with Gasteiger partial charge in [0.15, 0.2) is 5.13 Å². The summed E-state index contributed by atoms with van der Waals surface area (Å²) in [6.07, 6.45) is 0. The van der Waals surface area contributed by atoms with E-state index in [9.17, 15) is 19.5 Å². The molecule has 0 saturated carbocycles. The summed E-state index contributed by atoms with van der Waals surface area (Å²) in [5, 5.41) is 11.3. The Morgan fingerprint density at radius 1 is 1.09 bits per heavy atom. The summed E-state index contributed by atoms with van der Waals surface area (Å²) in [5.74, 6) is -1.98. The first-order valence-corrected chi connectivity index (χ1v) is 11.9. The van der Waals surface area contributed by atoms with Gasteiger partial charge in [-0.3, -0.25) is 14.5 Å². The highest BCUT2D eigenvalue weighted by molar-refractivity contribution is 7.17. The summed E-state index contributed by atoms with van der Waals surface area (Å²) < 4.78 is 10.7. The molecule has 35 heavy (non-hydrogen) atoms. The van der Waals surface area contributed by atoms with Crippen molar-refractivity contribution in [2.75, 3.05) is 18.1 Å². The fourth-order valence-electron chi connectivity index (χ4n) is 3.91. The molecule has 1 aliphatic heterocycles. The van der Waals surface area contributed by atoms with E-state index < -0.39 is 23.7 Å². The number of nitrogens with zero attached hydrogens (tertiary/aromatic N) is 2. The number of aromatic nitrogens is 1. The zero-order valence-corrected chi connectivity index (χ0v) is 20.3. The van der Waals surface area contributed by atoms with Gasteiger partial charge in [0.1, 0.15) is 16.4 Å². The highest BCUT2D eigenvalue weighted by atomic mass is 32.1. The Morgan fingerprint density at radius 3 is 2.51 bits per heavy atom. The van der Waals surface area contributed by atoms with Gasteiger partial charge in [-0.05, 0) is 38.5 Å². The molecule has 1 aromatic heterocycles. The lowest BCUT2D eigenvalue weighted by molar-refractivity contribution is -0.132. The third-order valence-corrected chi connectivity index (χ3v) is 6.57. The Morgan fingerprint density at radius 2 is 1.83 bits per heavy atom. The first-order valence-electron chi connectivity index (χ1n) is 11.1. The monoisotopic (exact) mass is 492 g/mol. The first-order chi connectivity index (χ1) is 16.9. The van der Waals surface area contributed by atoms with E-state index in [-0.39, 0.29) is 27.9 Å². The molecular formula is C26H24N2O6S. The number of thiazole rings is 1. The number of aryl methyl sites for hydroxylation is 1. The SMILES string of the molecule is CCOC(=O)c1sc(N2C(=O)C(=O)C(=C(O)c3ccccc3)C2c2cccc(OCC)c2)nc1C. The van der Waals surface area contributed by atoms with Crippen LogP contribution in [-0.2, 0) is 14.3 Å². The van der Waals surface area contributed by atoms with E-state index in [1.54, 1.807) is 68.4 Å². The summed E-state index contributed by atoms with van der Waals surface area (Å²) >= 11 is 0.965. The second-order valence-electron chi connectivity index (χ2n) is 7.67. The normalized spacial score (nSPS) is 17.0. The molecule has 0 aliphatic carbocycles. The number of Topliss-reactive ketones (excluding diaryl/α,β-unsaturated/α-hetero) is 1.